The number of rotatable bonds is 7. The van der Waals surface area contributed by atoms with Gasteiger partial charge in [0.15, 0.2) is 9.84 Å². The zero-order valence-corrected chi connectivity index (χ0v) is 16.4. The molecule has 2 N–H and O–H groups in total. The van der Waals surface area contributed by atoms with Crippen LogP contribution in [0.5, 0.6) is 0 Å². The highest BCUT2D eigenvalue weighted by Crippen LogP contribution is 2.21. The molecule has 0 saturated heterocycles. The van der Waals surface area contributed by atoms with Crippen LogP contribution in [0.2, 0.25) is 0 Å². The number of carbonyl (C=O) groups is 1. The summed E-state index contributed by atoms with van der Waals surface area (Å²) in [6.07, 6.45) is 0. The number of aliphatic hydroxyl groups excluding tert-OH is 1. The molecule has 0 heterocycles. The van der Waals surface area contributed by atoms with E-state index in [0.29, 0.717) is 11.3 Å². The molecule has 0 aliphatic heterocycles. The van der Waals surface area contributed by atoms with Crippen molar-refractivity contribution in [1.82, 2.24) is 0 Å². The molecule has 0 aliphatic rings. The van der Waals surface area contributed by atoms with Crippen molar-refractivity contribution in [3.63, 3.8) is 0 Å². The summed E-state index contributed by atoms with van der Waals surface area (Å²) in [6.45, 7) is 5.07. The first-order chi connectivity index (χ1) is 12.6. The summed E-state index contributed by atoms with van der Waals surface area (Å²) < 4.78 is 38.6. The zero-order valence-electron chi connectivity index (χ0n) is 15.6. The molecule has 0 aromatic heterocycles. The minimum atomic E-state index is -3.65. The number of aliphatic hydroxyl groups is 1. The summed E-state index contributed by atoms with van der Waals surface area (Å²) in [6, 6.07) is 9.96. The third kappa shape index (κ3) is 5.37. The van der Waals surface area contributed by atoms with Crippen molar-refractivity contribution in [2.24, 2.45) is 11.8 Å². The molecule has 0 bridgehead atoms. The Labute approximate surface area is 159 Å². The maximum Gasteiger partial charge on any atom is 0.255 e. The first-order valence-electron chi connectivity index (χ1n) is 8.65. The van der Waals surface area contributed by atoms with Gasteiger partial charge in [-0.25, -0.2) is 12.8 Å². The second-order valence-corrected chi connectivity index (χ2v) is 8.95. The van der Waals surface area contributed by atoms with Gasteiger partial charge < -0.3 is 10.4 Å². The van der Waals surface area contributed by atoms with Gasteiger partial charge in [-0.2, -0.15) is 0 Å². The number of nitrogens with one attached hydrogen (secondary N) is 1. The van der Waals surface area contributed by atoms with Crippen LogP contribution in [-0.2, 0) is 9.84 Å². The second-order valence-electron chi connectivity index (χ2n) is 6.91. The quantitative estimate of drug-likeness (QED) is 0.755. The molecule has 2 aromatic rings. The van der Waals surface area contributed by atoms with Crippen LogP contribution in [0.15, 0.2) is 47.4 Å². The molecule has 0 saturated carbocycles. The second kappa shape index (κ2) is 8.63. The third-order valence-electron chi connectivity index (χ3n) is 4.48. The minimum absolute atomic E-state index is 0.0120. The van der Waals surface area contributed by atoms with Crippen LogP contribution in [-0.4, -0.2) is 31.8 Å². The third-order valence-corrected chi connectivity index (χ3v) is 6.32. The molecule has 5 nitrogen and oxygen atoms in total. The molecule has 146 valence electrons. The smallest absolute Gasteiger partial charge is 0.255 e. The molecule has 2 rings (SSSR count). The highest BCUT2D eigenvalue weighted by atomic mass is 32.2. The Balaban J connectivity index is 2.23. The van der Waals surface area contributed by atoms with Crippen molar-refractivity contribution in [2.75, 3.05) is 17.7 Å². The highest BCUT2D eigenvalue weighted by Gasteiger charge is 2.24. The van der Waals surface area contributed by atoms with Crippen LogP contribution >= 0.6 is 0 Å². The van der Waals surface area contributed by atoms with Crippen molar-refractivity contribution in [2.45, 2.75) is 25.7 Å². The van der Waals surface area contributed by atoms with E-state index in [1.54, 1.807) is 6.92 Å². The van der Waals surface area contributed by atoms with Gasteiger partial charge in [-0.1, -0.05) is 19.9 Å². The molecule has 1 amide bonds. The molecule has 2 aromatic carbocycles. The van der Waals surface area contributed by atoms with E-state index in [0.717, 1.165) is 0 Å². The number of aryl methyl sites for hydroxylation is 1. The lowest BCUT2D eigenvalue weighted by atomic mass is 9.99. The zero-order chi connectivity index (χ0) is 20.2. The van der Waals surface area contributed by atoms with Gasteiger partial charge in [-0.15, -0.1) is 0 Å². The van der Waals surface area contributed by atoms with E-state index in [4.69, 9.17) is 0 Å². The van der Waals surface area contributed by atoms with Gasteiger partial charge in [0.2, 0.25) is 0 Å². The SMILES string of the molecule is Cc1cc(NC(=O)c2cccc(S(=O)(=O)C[C@H](CO)C(C)C)c2)ccc1F. The molecule has 0 fully saturated rings. The summed E-state index contributed by atoms with van der Waals surface area (Å²) in [5.41, 5.74) is 1.00. The fraction of sp³-hybridized carbons (Fsp3) is 0.350. The van der Waals surface area contributed by atoms with Gasteiger partial charge in [0.05, 0.1) is 10.6 Å². The van der Waals surface area contributed by atoms with Crippen molar-refractivity contribution in [3.05, 3.63) is 59.4 Å². The summed E-state index contributed by atoms with van der Waals surface area (Å²) in [5.74, 6) is -1.42. The Morgan fingerprint density at radius 1 is 1.19 bits per heavy atom. The number of anilines is 1. The minimum Gasteiger partial charge on any atom is -0.396 e. The lowest BCUT2D eigenvalue weighted by Crippen LogP contribution is -2.24. The number of hydrogen-bond donors (Lipinski definition) is 2. The predicted octanol–water partition coefficient (Wildman–Crippen LogP) is 3.42. The van der Waals surface area contributed by atoms with Crippen LogP contribution in [0.4, 0.5) is 10.1 Å². The van der Waals surface area contributed by atoms with Crippen molar-refractivity contribution >= 4 is 21.4 Å². The molecule has 0 unspecified atom stereocenters. The number of benzene rings is 2. The van der Waals surface area contributed by atoms with Crippen molar-refractivity contribution < 1.29 is 22.7 Å². The lowest BCUT2D eigenvalue weighted by Gasteiger charge is -2.18. The highest BCUT2D eigenvalue weighted by molar-refractivity contribution is 7.91. The van der Waals surface area contributed by atoms with Crippen LogP contribution in [0.1, 0.15) is 29.8 Å². The molecular weight excluding hydrogens is 369 g/mol. The Morgan fingerprint density at radius 3 is 2.48 bits per heavy atom. The van der Waals surface area contributed by atoms with E-state index in [1.165, 1.54) is 42.5 Å². The largest absolute Gasteiger partial charge is 0.396 e. The Kier molecular flexibility index (Phi) is 6.73. The Bertz CT molecular complexity index is 925. The topological polar surface area (TPSA) is 83.5 Å². The first kappa shape index (κ1) is 21.1. The fourth-order valence-corrected chi connectivity index (χ4v) is 4.43. The molecular formula is C20H24FNO4S. The predicted molar refractivity (Wildman–Crippen MR) is 103 cm³/mol. The van der Waals surface area contributed by atoms with E-state index < -0.39 is 15.7 Å². The monoisotopic (exact) mass is 393 g/mol. The molecule has 1 atom stereocenters. The van der Waals surface area contributed by atoms with Crippen LogP contribution in [0.3, 0.4) is 0 Å². The normalized spacial score (nSPS) is 12.8. The number of amides is 1. The Hall–Kier alpha value is -2.25. The number of halogens is 1. The maximum atomic E-state index is 13.3. The van der Waals surface area contributed by atoms with Gasteiger partial charge in [-0.3, -0.25) is 4.79 Å². The van der Waals surface area contributed by atoms with Crippen LogP contribution in [0, 0.1) is 24.6 Å². The molecule has 0 aliphatic carbocycles. The van der Waals surface area contributed by atoms with Gasteiger partial charge in [0.25, 0.3) is 5.91 Å². The van der Waals surface area contributed by atoms with Crippen LogP contribution < -0.4 is 5.32 Å². The van der Waals surface area contributed by atoms with E-state index in [1.807, 2.05) is 13.8 Å². The van der Waals surface area contributed by atoms with E-state index in [9.17, 15) is 22.7 Å². The van der Waals surface area contributed by atoms with E-state index >= 15 is 0 Å². The van der Waals surface area contributed by atoms with Crippen molar-refractivity contribution in [3.8, 4) is 0 Å². The van der Waals surface area contributed by atoms with Gasteiger partial charge in [0.1, 0.15) is 5.82 Å². The number of sulfone groups is 1. The maximum absolute atomic E-state index is 13.3. The van der Waals surface area contributed by atoms with Gasteiger partial charge in [-0.05, 0) is 60.7 Å². The Morgan fingerprint density at radius 2 is 1.89 bits per heavy atom. The average Bonchev–Trinajstić information content (AvgIpc) is 2.62. The van der Waals surface area contributed by atoms with Crippen LogP contribution in [0.25, 0.3) is 0 Å². The fourth-order valence-electron chi connectivity index (χ4n) is 2.59. The molecule has 0 radical (unpaired) electrons. The number of hydrogen-bond acceptors (Lipinski definition) is 4. The number of carbonyl (C=O) groups excluding carboxylic acids is 1. The van der Waals surface area contributed by atoms with Gasteiger partial charge >= 0.3 is 0 Å². The summed E-state index contributed by atoms with van der Waals surface area (Å²) in [5, 5.41) is 12.0. The summed E-state index contributed by atoms with van der Waals surface area (Å²) in [4.78, 5) is 12.5. The average molecular weight is 393 g/mol. The first-order valence-corrected chi connectivity index (χ1v) is 10.3. The molecule has 7 heteroatoms. The standard InChI is InChI=1S/C20H24FNO4S/c1-13(2)16(11-23)12-27(25,26)18-6-4-5-15(10-18)20(24)22-17-7-8-19(21)14(3)9-17/h4-10,13,16,23H,11-12H2,1-3H3,(H,22,24)/t16-/m0/s1. The van der Waals surface area contributed by atoms with Gasteiger partial charge in [0, 0.05) is 17.9 Å². The van der Waals surface area contributed by atoms with E-state index in [-0.39, 0.29) is 40.5 Å². The summed E-state index contributed by atoms with van der Waals surface area (Å²) in [7, 11) is -3.65. The lowest BCUT2D eigenvalue weighted by molar-refractivity contribution is 0.102. The van der Waals surface area contributed by atoms with Crippen molar-refractivity contribution in [1.29, 1.82) is 0 Å². The molecule has 27 heavy (non-hydrogen) atoms. The summed E-state index contributed by atoms with van der Waals surface area (Å²) >= 11 is 0. The van der Waals surface area contributed by atoms with E-state index in [2.05, 4.69) is 5.32 Å². The molecule has 0 spiro atoms.